The van der Waals surface area contributed by atoms with E-state index in [-0.39, 0.29) is 5.75 Å². The molecule has 1 fully saturated rings. The Balaban J connectivity index is 2.01. The van der Waals surface area contributed by atoms with Crippen LogP contribution >= 0.6 is 0 Å². The van der Waals surface area contributed by atoms with Crippen molar-refractivity contribution >= 4 is 10.9 Å². The minimum absolute atomic E-state index is 0.207. The zero-order valence-electron chi connectivity index (χ0n) is 11.0. The molecule has 0 spiro atoms. The highest BCUT2D eigenvalue weighted by molar-refractivity contribution is 5.88. The van der Waals surface area contributed by atoms with Crippen LogP contribution in [-0.2, 0) is 6.42 Å². The number of rotatable bonds is 4. The number of hydrogen-bond donors (Lipinski definition) is 1. The molecule has 106 valence electrons. The molecule has 1 aliphatic rings. The number of aromatic nitrogens is 1. The maximum absolute atomic E-state index is 12.5. The van der Waals surface area contributed by atoms with Crippen LogP contribution in [0.3, 0.4) is 0 Å². The van der Waals surface area contributed by atoms with Crippen molar-refractivity contribution in [1.82, 2.24) is 10.3 Å². The van der Waals surface area contributed by atoms with E-state index in [1.54, 1.807) is 18.3 Å². The zero-order chi connectivity index (χ0) is 13.9. The van der Waals surface area contributed by atoms with Crippen LogP contribution in [0, 0.1) is 0 Å². The number of pyridine rings is 1. The smallest absolute Gasteiger partial charge is 0.387 e. The quantitative estimate of drug-likeness (QED) is 0.933. The topological polar surface area (TPSA) is 34.1 Å². The fraction of sp³-hybridized carbons (Fsp3) is 0.400. The molecule has 2 heterocycles. The SMILES string of the molecule is FC(F)Oc1cccc2nccc(C[C@H]3CCCN3)c12. The first-order valence-corrected chi connectivity index (χ1v) is 6.79. The number of nitrogens with zero attached hydrogens (tertiary/aromatic N) is 1. The van der Waals surface area contributed by atoms with Gasteiger partial charge in [-0.05, 0) is 49.6 Å². The normalized spacial score (nSPS) is 18.9. The highest BCUT2D eigenvalue weighted by Gasteiger charge is 2.18. The van der Waals surface area contributed by atoms with Gasteiger partial charge in [-0.1, -0.05) is 6.07 Å². The molecule has 1 atom stereocenters. The summed E-state index contributed by atoms with van der Waals surface area (Å²) in [6, 6.07) is 7.37. The summed E-state index contributed by atoms with van der Waals surface area (Å²) in [6.07, 6.45) is 4.80. The third-order valence-electron chi connectivity index (χ3n) is 3.66. The van der Waals surface area contributed by atoms with Crippen molar-refractivity contribution in [3.05, 3.63) is 36.0 Å². The molecule has 1 saturated heterocycles. The minimum Gasteiger partial charge on any atom is -0.434 e. The van der Waals surface area contributed by atoms with Crippen molar-refractivity contribution < 1.29 is 13.5 Å². The fourth-order valence-corrected chi connectivity index (χ4v) is 2.80. The van der Waals surface area contributed by atoms with Gasteiger partial charge in [0.25, 0.3) is 0 Å². The number of nitrogens with one attached hydrogen (secondary N) is 1. The van der Waals surface area contributed by atoms with E-state index in [4.69, 9.17) is 0 Å². The van der Waals surface area contributed by atoms with E-state index in [0.29, 0.717) is 16.9 Å². The van der Waals surface area contributed by atoms with Crippen LogP contribution in [0.5, 0.6) is 5.75 Å². The lowest BCUT2D eigenvalue weighted by molar-refractivity contribution is -0.0488. The molecule has 0 saturated carbocycles. The average Bonchev–Trinajstić information content (AvgIpc) is 2.91. The van der Waals surface area contributed by atoms with E-state index < -0.39 is 6.61 Å². The number of ether oxygens (including phenoxy) is 1. The summed E-state index contributed by atoms with van der Waals surface area (Å²) in [6.45, 7) is -1.80. The van der Waals surface area contributed by atoms with Crippen LogP contribution < -0.4 is 10.1 Å². The van der Waals surface area contributed by atoms with Gasteiger partial charge in [-0.2, -0.15) is 8.78 Å². The number of benzene rings is 1. The van der Waals surface area contributed by atoms with Gasteiger partial charge >= 0.3 is 6.61 Å². The summed E-state index contributed by atoms with van der Waals surface area (Å²) in [5.41, 5.74) is 1.70. The van der Waals surface area contributed by atoms with Crippen molar-refractivity contribution in [3.8, 4) is 5.75 Å². The van der Waals surface area contributed by atoms with Crippen LogP contribution in [0.15, 0.2) is 30.5 Å². The van der Waals surface area contributed by atoms with Crippen LogP contribution in [0.2, 0.25) is 0 Å². The molecule has 1 aliphatic heterocycles. The van der Waals surface area contributed by atoms with Gasteiger partial charge in [0.1, 0.15) is 5.75 Å². The molecule has 1 aromatic carbocycles. The Morgan fingerprint density at radius 1 is 1.35 bits per heavy atom. The summed E-state index contributed by atoms with van der Waals surface area (Å²) < 4.78 is 29.7. The van der Waals surface area contributed by atoms with E-state index in [2.05, 4.69) is 15.0 Å². The Morgan fingerprint density at radius 3 is 3.00 bits per heavy atom. The number of hydrogen-bond acceptors (Lipinski definition) is 3. The van der Waals surface area contributed by atoms with E-state index in [1.807, 2.05) is 12.1 Å². The standard InChI is InChI=1S/C15H16F2N2O/c16-15(17)20-13-5-1-4-12-14(13)10(6-8-19-12)9-11-3-2-7-18-11/h1,4-6,8,11,15,18H,2-3,7,9H2/t11-/m1/s1. The van der Waals surface area contributed by atoms with Crippen LogP contribution in [0.25, 0.3) is 10.9 Å². The molecule has 5 heteroatoms. The van der Waals surface area contributed by atoms with Crippen molar-refractivity contribution in [2.45, 2.75) is 31.9 Å². The Kier molecular flexibility index (Phi) is 3.78. The van der Waals surface area contributed by atoms with E-state index >= 15 is 0 Å². The van der Waals surface area contributed by atoms with Gasteiger partial charge in [0.2, 0.25) is 0 Å². The first kappa shape index (κ1) is 13.2. The predicted molar refractivity (Wildman–Crippen MR) is 73.1 cm³/mol. The molecule has 3 rings (SSSR count). The van der Waals surface area contributed by atoms with Crippen LogP contribution in [0.4, 0.5) is 8.78 Å². The summed E-state index contributed by atoms with van der Waals surface area (Å²) >= 11 is 0. The molecule has 0 aliphatic carbocycles. The van der Waals surface area contributed by atoms with Gasteiger partial charge in [0.15, 0.2) is 0 Å². The molecular formula is C15H16F2N2O. The summed E-state index contributed by atoms with van der Waals surface area (Å²) in [5, 5.41) is 4.12. The number of halogens is 2. The molecule has 3 nitrogen and oxygen atoms in total. The third kappa shape index (κ3) is 2.72. The lowest BCUT2D eigenvalue weighted by atomic mass is 10.0. The maximum Gasteiger partial charge on any atom is 0.387 e. The molecule has 0 radical (unpaired) electrons. The number of fused-ring (bicyclic) bond motifs is 1. The van der Waals surface area contributed by atoms with Crippen molar-refractivity contribution in [2.24, 2.45) is 0 Å². The predicted octanol–water partition coefficient (Wildman–Crippen LogP) is 3.13. The first-order chi connectivity index (χ1) is 9.74. The molecule has 0 bridgehead atoms. The van der Waals surface area contributed by atoms with Crippen LogP contribution in [0.1, 0.15) is 18.4 Å². The van der Waals surface area contributed by atoms with Gasteiger partial charge in [-0.15, -0.1) is 0 Å². The zero-order valence-corrected chi connectivity index (χ0v) is 11.0. The van der Waals surface area contributed by atoms with Crippen molar-refractivity contribution in [3.63, 3.8) is 0 Å². The molecule has 0 unspecified atom stereocenters. The van der Waals surface area contributed by atoms with E-state index in [9.17, 15) is 8.78 Å². The van der Waals surface area contributed by atoms with Gasteiger partial charge in [-0.3, -0.25) is 4.98 Å². The second kappa shape index (κ2) is 5.71. The molecule has 2 aromatic rings. The number of alkyl halides is 2. The average molecular weight is 278 g/mol. The molecular weight excluding hydrogens is 262 g/mol. The van der Waals surface area contributed by atoms with E-state index in [1.165, 1.54) is 0 Å². The largest absolute Gasteiger partial charge is 0.434 e. The summed E-state index contributed by atoms with van der Waals surface area (Å²) in [5.74, 6) is 0.207. The summed E-state index contributed by atoms with van der Waals surface area (Å²) in [7, 11) is 0. The maximum atomic E-state index is 12.5. The monoisotopic (exact) mass is 278 g/mol. The van der Waals surface area contributed by atoms with Crippen molar-refractivity contribution in [2.75, 3.05) is 6.54 Å². The lowest BCUT2D eigenvalue weighted by Crippen LogP contribution is -2.23. The Morgan fingerprint density at radius 2 is 2.25 bits per heavy atom. The summed E-state index contributed by atoms with van der Waals surface area (Å²) in [4.78, 5) is 4.24. The second-order valence-electron chi connectivity index (χ2n) is 5.00. The second-order valence-corrected chi connectivity index (χ2v) is 5.00. The molecule has 20 heavy (non-hydrogen) atoms. The Hall–Kier alpha value is -1.75. The van der Waals surface area contributed by atoms with E-state index in [0.717, 1.165) is 31.4 Å². The first-order valence-electron chi connectivity index (χ1n) is 6.79. The molecule has 1 aromatic heterocycles. The van der Waals surface area contributed by atoms with Gasteiger partial charge in [0.05, 0.1) is 5.52 Å². The Bertz CT molecular complexity index is 592. The highest BCUT2D eigenvalue weighted by atomic mass is 19.3. The van der Waals surface area contributed by atoms with Gasteiger partial charge in [-0.25, -0.2) is 0 Å². The van der Waals surface area contributed by atoms with Gasteiger partial charge in [0, 0.05) is 17.6 Å². The van der Waals surface area contributed by atoms with Crippen molar-refractivity contribution in [1.29, 1.82) is 0 Å². The highest BCUT2D eigenvalue weighted by Crippen LogP contribution is 2.30. The minimum atomic E-state index is -2.82. The third-order valence-corrected chi connectivity index (χ3v) is 3.66. The lowest BCUT2D eigenvalue weighted by Gasteiger charge is -2.14. The van der Waals surface area contributed by atoms with Gasteiger partial charge < -0.3 is 10.1 Å². The molecule has 1 N–H and O–H groups in total. The fourth-order valence-electron chi connectivity index (χ4n) is 2.80. The molecule has 0 amide bonds. The van der Waals surface area contributed by atoms with Crippen LogP contribution in [-0.4, -0.2) is 24.2 Å². The Labute approximate surface area is 116 Å².